The maximum Gasteiger partial charge on any atom is 0.302 e. The van der Waals surface area contributed by atoms with E-state index < -0.39 is 0 Å². The molecule has 7 nitrogen and oxygen atoms in total. The number of ether oxygens (including phenoxy) is 5. The molecule has 0 aromatic heterocycles. The number of benzene rings is 1. The molecule has 2 bridgehead atoms. The summed E-state index contributed by atoms with van der Waals surface area (Å²) in [6.07, 6.45) is -0.418. The summed E-state index contributed by atoms with van der Waals surface area (Å²) in [5.41, 5.74) is 2.06. The molecular weight excluding hydrogens is 316 g/mol. The van der Waals surface area contributed by atoms with Crippen molar-refractivity contribution >= 4 is 11.9 Å². The Kier molecular flexibility index (Phi) is 3.60. The molecule has 4 rings (SSSR count). The second-order valence-corrected chi connectivity index (χ2v) is 6.24. The Morgan fingerprint density at radius 3 is 1.83 bits per heavy atom. The first-order chi connectivity index (χ1) is 11.5. The molecule has 0 N–H and O–H groups in total. The molecule has 7 heteroatoms. The van der Waals surface area contributed by atoms with Gasteiger partial charge in [-0.15, -0.1) is 0 Å². The van der Waals surface area contributed by atoms with E-state index in [0.717, 1.165) is 11.1 Å². The van der Waals surface area contributed by atoms with Crippen LogP contribution in [0.25, 0.3) is 0 Å². The van der Waals surface area contributed by atoms with Crippen LogP contribution in [0.5, 0.6) is 11.5 Å². The highest BCUT2D eigenvalue weighted by Gasteiger charge is 2.53. The largest absolute Gasteiger partial charge is 0.465 e. The van der Waals surface area contributed by atoms with Gasteiger partial charge < -0.3 is 23.7 Å². The summed E-state index contributed by atoms with van der Waals surface area (Å²) in [5.74, 6) is 0.599. The highest BCUT2D eigenvalue weighted by molar-refractivity contribution is 5.66. The zero-order valence-corrected chi connectivity index (χ0v) is 13.4. The topological polar surface area (TPSA) is 80.3 Å². The van der Waals surface area contributed by atoms with Crippen molar-refractivity contribution in [3.63, 3.8) is 0 Å². The van der Waals surface area contributed by atoms with Crippen LogP contribution in [0.3, 0.4) is 0 Å². The molecule has 1 saturated heterocycles. The third-order valence-electron chi connectivity index (χ3n) is 4.77. The number of rotatable bonds is 4. The standard InChI is InChI=1S/C17H18O7/c1-8(18)20-5-12-13(6-21-9(2)19)17-11-4-15-14(22-7-23-15)3-10(11)16(12)24-17/h3-4,12-13,16-17H,5-7H2,1-2H3/t12-,13+,16+,17?/m0/s1. The molecule has 1 fully saturated rings. The van der Waals surface area contributed by atoms with Crippen molar-refractivity contribution in [2.24, 2.45) is 11.8 Å². The van der Waals surface area contributed by atoms with Crippen molar-refractivity contribution in [2.45, 2.75) is 26.1 Å². The summed E-state index contributed by atoms with van der Waals surface area (Å²) in [6, 6.07) is 3.87. The van der Waals surface area contributed by atoms with E-state index in [1.165, 1.54) is 13.8 Å². The van der Waals surface area contributed by atoms with Gasteiger partial charge in [0, 0.05) is 25.7 Å². The van der Waals surface area contributed by atoms with Gasteiger partial charge >= 0.3 is 11.9 Å². The molecule has 128 valence electrons. The van der Waals surface area contributed by atoms with Crippen molar-refractivity contribution < 1.29 is 33.3 Å². The SMILES string of the molecule is CC(=O)OC[C@@H]1[C@@H]2OC(c3cc4c(cc32)OCO4)[C@@H]1COC(C)=O. The van der Waals surface area contributed by atoms with Crippen molar-refractivity contribution in [2.75, 3.05) is 20.0 Å². The summed E-state index contributed by atoms with van der Waals surface area (Å²) in [6.45, 7) is 3.43. The Balaban J connectivity index is 1.64. The minimum absolute atomic E-state index is 0.0638. The van der Waals surface area contributed by atoms with Crippen LogP contribution in [0.15, 0.2) is 12.1 Å². The van der Waals surface area contributed by atoms with Gasteiger partial charge in [-0.2, -0.15) is 0 Å². The average Bonchev–Trinajstić information content (AvgIpc) is 3.21. The Morgan fingerprint density at radius 2 is 1.42 bits per heavy atom. The van der Waals surface area contributed by atoms with E-state index in [1.54, 1.807) is 0 Å². The van der Waals surface area contributed by atoms with Gasteiger partial charge in [-0.3, -0.25) is 9.59 Å². The molecule has 24 heavy (non-hydrogen) atoms. The molecular formula is C17H18O7. The van der Waals surface area contributed by atoms with Gasteiger partial charge in [-0.1, -0.05) is 0 Å². The second kappa shape index (κ2) is 5.66. The van der Waals surface area contributed by atoms with Gasteiger partial charge in [-0.25, -0.2) is 0 Å². The van der Waals surface area contributed by atoms with E-state index in [4.69, 9.17) is 23.7 Å². The predicted molar refractivity (Wildman–Crippen MR) is 79.4 cm³/mol. The van der Waals surface area contributed by atoms with Crippen LogP contribution in [0, 0.1) is 11.8 Å². The lowest BCUT2D eigenvalue weighted by atomic mass is 9.76. The average molecular weight is 334 g/mol. The summed E-state index contributed by atoms with van der Waals surface area (Å²) < 4.78 is 27.4. The molecule has 0 radical (unpaired) electrons. The third kappa shape index (κ3) is 2.39. The van der Waals surface area contributed by atoms with Crippen molar-refractivity contribution in [3.8, 4) is 11.5 Å². The molecule has 1 unspecified atom stereocenters. The van der Waals surface area contributed by atoms with Crippen LogP contribution < -0.4 is 9.47 Å². The number of hydrogen-bond donors (Lipinski definition) is 0. The Bertz CT molecular complexity index is 641. The molecule has 1 aromatic carbocycles. The lowest BCUT2D eigenvalue weighted by molar-refractivity contribution is -0.146. The van der Waals surface area contributed by atoms with Crippen LogP contribution in [0.2, 0.25) is 0 Å². The highest BCUT2D eigenvalue weighted by atomic mass is 16.7. The van der Waals surface area contributed by atoms with Gasteiger partial charge in [0.1, 0.15) is 0 Å². The molecule has 3 heterocycles. The lowest BCUT2D eigenvalue weighted by Crippen LogP contribution is -2.30. The van der Waals surface area contributed by atoms with Crippen LogP contribution in [-0.4, -0.2) is 31.9 Å². The highest BCUT2D eigenvalue weighted by Crippen LogP contribution is 2.59. The van der Waals surface area contributed by atoms with Crippen LogP contribution in [-0.2, 0) is 23.8 Å². The Hall–Kier alpha value is -2.28. The van der Waals surface area contributed by atoms with Crippen molar-refractivity contribution in [3.05, 3.63) is 23.3 Å². The van der Waals surface area contributed by atoms with Gasteiger partial charge in [0.2, 0.25) is 6.79 Å². The first kappa shape index (κ1) is 15.3. The van der Waals surface area contributed by atoms with E-state index >= 15 is 0 Å². The maximum atomic E-state index is 11.2. The fourth-order valence-corrected chi connectivity index (χ4v) is 3.73. The van der Waals surface area contributed by atoms with Gasteiger partial charge in [0.25, 0.3) is 0 Å². The number of esters is 2. The number of carbonyl (C=O) groups excluding carboxylic acids is 2. The zero-order chi connectivity index (χ0) is 16.8. The lowest BCUT2D eigenvalue weighted by Gasteiger charge is -2.28. The summed E-state index contributed by atoms with van der Waals surface area (Å²) in [7, 11) is 0. The van der Waals surface area contributed by atoms with E-state index in [9.17, 15) is 9.59 Å². The summed E-state index contributed by atoms with van der Waals surface area (Å²) in [5, 5.41) is 0. The van der Waals surface area contributed by atoms with E-state index in [2.05, 4.69) is 0 Å². The smallest absolute Gasteiger partial charge is 0.302 e. The third-order valence-corrected chi connectivity index (χ3v) is 4.77. The van der Waals surface area contributed by atoms with Crippen LogP contribution >= 0.6 is 0 Å². The normalized spacial score (nSPS) is 28.6. The fourth-order valence-electron chi connectivity index (χ4n) is 3.73. The molecule has 0 saturated carbocycles. The number of fused-ring (bicyclic) bond motifs is 6. The van der Waals surface area contributed by atoms with E-state index in [1.807, 2.05) is 12.1 Å². The fraction of sp³-hybridized carbons (Fsp3) is 0.529. The molecule has 3 aliphatic rings. The second-order valence-electron chi connectivity index (χ2n) is 6.24. The first-order valence-corrected chi connectivity index (χ1v) is 7.90. The molecule has 0 aliphatic carbocycles. The predicted octanol–water partition coefficient (Wildman–Crippen LogP) is 1.90. The van der Waals surface area contributed by atoms with E-state index in [0.29, 0.717) is 11.5 Å². The summed E-state index contributed by atoms with van der Waals surface area (Å²) in [4.78, 5) is 22.4. The maximum absolute atomic E-state index is 11.2. The monoisotopic (exact) mass is 334 g/mol. The first-order valence-electron chi connectivity index (χ1n) is 7.90. The van der Waals surface area contributed by atoms with E-state index in [-0.39, 0.29) is 56.0 Å². The molecule has 1 aromatic rings. The van der Waals surface area contributed by atoms with Crippen LogP contribution in [0.1, 0.15) is 37.2 Å². The molecule has 3 aliphatic heterocycles. The zero-order valence-electron chi connectivity index (χ0n) is 13.4. The minimum atomic E-state index is -0.338. The van der Waals surface area contributed by atoms with Crippen molar-refractivity contribution in [1.29, 1.82) is 0 Å². The van der Waals surface area contributed by atoms with Crippen LogP contribution in [0.4, 0.5) is 0 Å². The summed E-state index contributed by atoms with van der Waals surface area (Å²) >= 11 is 0. The Labute approximate surface area is 138 Å². The van der Waals surface area contributed by atoms with Gasteiger partial charge in [0.15, 0.2) is 11.5 Å². The van der Waals surface area contributed by atoms with Gasteiger partial charge in [-0.05, 0) is 23.3 Å². The molecule has 0 amide bonds. The molecule has 0 spiro atoms. The minimum Gasteiger partial charge on any atom is -0.465 e. The number of carbonyl (C=O) groups is 2. The van der Waals surface area contributed by atoms with Crippen molar-refractivity contribution in [1.82, 2.24) is 0 Å². The Morgan fingerprint density at radius 1 is 0.958 bits per heavy atom. The quantitative estimate of drug-likeness (QED) is 0.778. The number of hydrogen-bond acceptors (Lipinski definition) is 7. The molecule has 4 atom stereocenters. The van der Waals surface area contributed by atoms with Gasteiger partial charge in [0.05, 0.1) is 25.4 Å².